The van der Waals surface area contributed by atoms with Crippen molar-refractivity contribution in [3.63, 3.8) is 0 Å². The summed E-state index contributed by atoms with van der Waals surface area (Å²) in [6, 6.07) is 5.71. The molecule has 0 spiro atoms. The minimum absolute atomic E-state index is 0.108. The maximum absolute atomic E-state index is 11.1. The topological polar surface area (TPSA) is 46.5 Å². The molecule has 1 rings (SSSR count). The lowest BCUT2D eigenvalue weighted by Gasteiger charge is -2.16. The van der Waals surface area contributed by atoms with Crippen LogP contribution in [0.5, 0.6) is 5.75 Å². The predicted octanol–water partition coefficient (Wildman–Crippen LogP) is 3.80. The highest BCUT2D eigenvalue weighted by atomic mass is 79.9. The van der Waals surface area contributed by atoms with Crippen LogP contribution >= 0.6 is 27.7 Å². The van der Waals surface area contributed by atoms with E-state index in [0.29, 0.717) is 5.75 Å². The molecule has 1 N–H and O–H groups in total. The minimum atomic E-state index is -0.756. The van der Waals surface area contributed by atoms with E-state index < -0.39 is 5.97 Å². The molecule has 0 amide bonds. The molecule has 5 heteroatoms. The molecule has 0 heterocycles. The highest BCUT2D eigenvalue weighted by molar-refractivity contribution is 9.10. The Kier molecular flexibility index (Phi) is 6.02. The number of halogens is 1. The molecule has 0 aliphatic heterocycles. The normalized spacial score (nSPS) is 12.5. The maximum Gasteiger partial charge on any atom is 0.316 e. The van der Waals surface area contributed by atoms with E-state index in [9.17, 15) is 4.79 Å². The highest BCUT2D eigenvalue weighted by Crippen LogP contribution is 2.30. The SMILES string of the molecule is COc1ccc(Br)c(CSC(C(=O)O)C(C)C)c1. The van der Waals surface area contributed by atoms with Crippen molar-refractivity contribution >= 4 is 33.7 Å². The maximum atomic E-state index is 11.1. The number of hydrogen-bond acceptors (Lipinski definition) is 3. The second kappa shape index (κ2) is 7.04. The molecule has 1 atom stereocenters. The number of ether oxygens (including phenoxy) is 1. The largest absolute Gasteiger partial charge is 0.497 e. The van der Waals surface area contributed by atoms with Gasteiger partial charge in [-0.3, -0.25) is 4.79 Å². The number of benzene rings is 1. The molecule has 3 nitrogen and oxygen atoms in total. The smallest absolute Gasteiger partial charge is 0.316 e. The van der Waals surface area contributed by atoms with E-state index in [4.69, 9.17) is 9.84 Å². The van der Waals surface area contributed by atoms with Gasteiger partial charge in [0.1, 0.15) is 11.0 Å². The van der Waals surface area contributed by atoms with Gasteiger partial charge in [0.2, 0.25) is 0 Å². The zero-order valence-electron chi connectivity index (χ0n) is 10.6. The number of thioether (sulfide) groups is 1. The molecule has 0 fully saturated rings. The van der Waals surface area contributed by atoms with Crippen molar-refractivity contribution in [2.75, 3.05) is 7.11 Å². The van der Waals surface area contributed by atoms with Gasteiger partial charge in [-0.2, -0.15) is 0 Å². The summed E-state index contributed by atoms with van der Waals surface area (Å²) >= 11 is 4.91. The first-order valence-corrected chi connectivity index (χ1v) is 7.46. The zero-order chi connectivity index (χ0) is 13.7. The van der Waals surface area contributed by atoms with Crippen LogP contribution in [0.15, 0.2) is 22.7 Å². The number of aliphatic carboxylic acids is 1. The first kappa shape index (κ1) is 15.4. The molecule has 100 valence electrons. The monoisotopic (exact) mass is 332 g/mol. The van der Waals surface area contributed by atoms with Gasteiger partial charge in [-0.15, -0.1) is 11.8 Å². The van der Waals surface area contributed by atoms with Crippen LogP contribution in [0, 0.1) is 5.92 Å². The second-order valence-electron chi connectivity index (χ2n) is 4.27. The third kappa shape index (κ3) is 4.21. The van der Waals surface area contributed by atoms with Crippen molar-refractivity contribution in [1.82, 2.24) is 0 Å². The van der Waals surface area contributed by atoms with Crippen LogP contribution in [0.1, 0.15) is 19.4 Å². The van der Waals surface area contributed by atoms with Gasteiger partial charge in [0.05, 0.1) is 7.11 Å². The number of rotatable bonds is 6. The van der Waals surface area contributed by atoms with E-state index in [1.165, 1.54) is 11.8 Å². The molecule has 0 aromatic heterocycles. The molecule has 0 bridgehead atoms. The van der Waals surface area contributed by atoms with Crippen molar-refractivity contribution in [3.8, 4) is 5.75 Å². The Bertz CT molecular complexity index is 421. The van der Waals surface area contributed by atoms with E-state index in [-0.39, 0.29) is 11.2 Å². The Morgan fingerprint density at radius 3 is 2.67 bits per heavy atom. The number of carboxylic acid groups (broad SMARTS) is 1. The van der Waals surface area contributed by atoms with Gasteiger partial charge in [-0.05, 0) is 29.7 Å². The summed E-state index contributed by atoms with van der Waals surface area (Å²) in [7, 11) is 1.62. The second-order valence-corrected chi connectivity index (χ2v) is 6.26. The van der Waals surface area contributed by atoms with Crippen LogP contribution < -0.4 is 4.74 Å². The summed E-state index contributed by atoms with van der Waals surface area (Å²) in [5.41, 5.74) is 1.05. The third-order valence-corrected chi connectivity index (χ3v) is 4.88. The van der Waals surface area contributed by atoms with Crippen LogP contribution in [-0.4, -0.2) is 23.4 Å². The lowest BCUT2D eigenvalue weighted by atomic mass is 10.1. The van der Waals surface area contributed by atoms with E-state index in [2.05, 4.69) is 15.9 Å². The van der Waals surface area contributed by atoms with E-state index in [0.717, 1.165) is 15.8 Å². The summed E-state index contributed by atoms with van der Waals surface area (Å²) in [6.45, 7) is 3.85. The van der Waals surface area contributed by atoms with Gasteiger partial charge >= 0.3 is 5.97 Å². The zero-order valence-corrected chi connectivity index (χ0v) is 13.0. The molecule has 0 aliphatic rings. The lowest BCUT2D eigenvalue weighted by molar-refractivity contribution is -0.137. The molecule has 0 saturated heterocycles. The van der Waals surface area contributed by atoms with Gasteiger partial charge in [0, 0.05) is 10.2 Å². The molecule has 0 saturated carbocycles. The molecule has 18 heavy (non-hydrogen) atoms. The summed E-state index contributed by atoms with van der Waals surface area (Å²) in [4.78, 5) is 11.1. The fourth-order valence-electron chi connectivity index (χ4n) is 1.52. The van der Waals surface area contributed by atoms with Gasteiger partial charge in [0.15, 0.2) is 0 Å². The molecule has 0 radical (unpaired) electrons. The Morgan fingerprint density at radius 1 is 1.50 bits per heavy atom. The van der Waals surface area contributed by atoms with E-state index in [1.54, 1.807) is 7.11 Å². The minimum Gasteiger partial charge on any atom is -0.497 e. The summed E-state index contributed by atoms with van der Waals surface area (Å²) < 4.78 is 6.14. The lowest BCUT2D eigenvalue weighted by Crippen LogP contribution is -2.22. The number of methoxy groups -OCH3 is 1. The molecule has 1 aromatic rings. The van der Waals surface area contributed by atoms with Crippen LogP contribution in [-0.2, 0) is 10.5 Å². The standard InChI is InChI=1S/C13H17BrO3S/c1-8(2)12(13(15)16)18-7-9-6-10(17-3)4-5-11(9)14/h4-6,8,12H,7H2,1-3H3,(H,15,16). The first-order valence-electron chi connectivity index (χ1n) is 5.62. The van der Waals surface area contributed by atoms with Crippen molar-refractivity contribution in [3.05, 3.63) is 28.2 Å². The number of hydrogen-bond donors (Lipinski definition) is 1. The third-order valence-electron chi connectivity index (χ3n) is 2.52. The van der Waals surface area contributed by atoms with E-state index >= 15 is 0 Å². The van der Waals surface area contributed by atoms with Gasteiger partial charge in [-0.1, -0.05) is 29.8 Å². The molecular weight excluding hydrogens is 316 g/mol. The molecule has 0 aliphatic carbocycles. The van der Waals surface area contributed by atoms with Gasteiger partial charge < -0.3 is 9.84 Å². The summed E-state index contributed by atoms with van der Waals surface area (Å²) in [5, 5.41) is 8.75. The fraction of sp³-hybridized carbons (Fsp3) is 0.462. The fourth-order valence-corrected chi connectivity index (χ4v) is 3.21. The molecule has 1 aromatic carbocycles. The summed E-state index contributed by atoms with van der Waals surface area (Å²) in [5.74, 6) is 0.781. The van der Waals surface area contributed by atoms with Crippen LogP contribution in [0.3, 0.4) is 0 Å². The first-order chi connectivity index (χ1) is 8.45. The van der Waals surface area contributed by atoms with Crippen molar-refractivity contribution in [2.24, 2.45) is 5.92 Å². The number of carbonyl (C=O) groups is 1. The highest BCUT2D eigenvalue weighted by Gasteiger charge is 2.22. The molecule has 1 unspecified atom stereocenters. The van der Waals surface area contributed by atoms with E-state index in [1.807, 2.05) is 32.0 Å². The Labute approximate surface area is 120 Å². The van der Waals surface area contributed by atoms with Crippen molar-refractivity contribution in [2.45, 2.75) is 24.9 Å². The average molecular weight is 333 g/mol. The van der Waals surface area contributed by atoms with Crippen molar-refractivity contribution in [1.29, 1.82) is 0 Å². The quantitative estimate of drug-likeness (QED) is 0.860. The van der Waals surface area contributed by atoms with Crippen LogP contribution in [0.4, 0.5) is 0 Å². The van der Waals surface area contributed by atoms with Gasteiger partial charge in [-0.25, -0.2) is 0 Å². The van der Waals surface area contributed by atoms with Crippen LogP contribution in [0.2, 0.25) is 0 Å². The Hall–Kier alpha value is -0.680. The van der Waals surface area contributed by atoms with Gasteiger partial charge in [0.25, 0.3) is 0 Å². The number of carboxylic acids is 1. The van der Waals surface area contributed by atoms with Crippen molar-refractivity contribution < 1.29 is 14.6 Å². The Morgan fingerprint density at radius 2 is 2.17 bits per heavy atom. The predicted molar refractivity (Wildman–Crippen MR) is 78.3 cm³/mol. The summed E-state index contributed by atoms with van der Waals surface area (Å²) in [6.07, 6.45) is 0. The Balaban J connectivity index is 2.75. The average Bonchev–Trinajstić information content (AvgIpc) is 2.30. The van der Waals surface area contributed by atoms with Crippen LogP contribution in [0.25, 0.3) is 0 Å². The molecular formula is C13H17BrO3S.